The maximum atomic E-state index is 13.0. The van der Waals surface area contributed by atoms with Crippen molar-refractivity contribution in [3.63, 3.8) is 0 Å². The topological polar surface area (TPSA) is 76.8 Å². The number of rotatable bonds is 3. The highest BCUT2D eigenvalue weighted by Gasteiger charge is 2.13. The molecule has 5 rings (SSSR count). The molecule has 4 aromatic rings. The van der Waals surface area contributed by atoms with Crippen LogP contribution in [0.3, 0.4) is 0 Å². The summed E-state index contributed by atoms with van der Waals surface area (Å²) in [7, 11) is 1.89. The van der Waals surface area contributed by atoms with E-state index in [9.17, 15) is 4.79 Å². The van der Waals surface area contributed by atoms with Gasteiger partial charge in [0, 0.05) is 30.4 Å². The number of aromatic nitrogens is 4. The molecule has 0 aliphatic carbocycles. The SMILES string of the molecule is Cn1cc2cc(-n3cnc4cc(NC5CCNCC5)ccc4c3=O)ccc2n1. The van der Waals surface area contributed by atoms with Gasteiger partial charge in [-0.1, -0.05) is 0 Å². The van der Waals surface area contributed by atoms with E-state index >= 15 is 0 Å². The molecule has 0 bridgehead atoms. The van der Waals surface area contributed by atoms with Crippen LogP contribution in [0, 0.1) is 0 Å². The number of hydrogen-bond acceptors (Lipinski definition) is 5. The van der Waals surface area contributed by atoms with Gasteiger partial charge >= 0.3 is 0 Å². The van der Waals surface area contributed by atoms with E-state index in [-0.39, 0.29) is 5.56 Å². The molecule has 3 heterocycles. The Balaban J connectivity index is 1.51. The van der Waals surface area contributed by atoms with Crippen LogP contribution in [-0.2, 0) is 7.05 Å². The number of nitrogens with zero attached hydrogens (tertiary/aromatic N) is 4. The van der Waals surface area contributed by atoms with Crippen molar-refractivity contribution in [3.05, 3.63) is 59.3 Å². The molecule has 1 aliphatic rings. The van der Waals surface area contributed by atoms with Gasteiger partial charge in [0.05, 0.1) is 22.1 Å². The van der Waals surface area contributed by atoms with Crippen LogP contribution in [0.2, 0.25) is 0 Å². The Morgan fingerprint density at radius 1 is 1.11 bits per heavy atom. The van der Waals surface area contributed by atoms with Gasteiger partial charge in [-0.25, -0.2) is 4.98 Å². The lowest BCUT2D eigenvalue weighted by atomic mass is 10.1. The van der Waals surface area contributed by atoms with Crippen LogP contribution >= 0.6 is 0 Å². The van der Waals surface area contributed by atoms with Gasteiger partial charge in [0.1, 0.15) is 6.33 Å². The van der Waals surface area contributed by atoms with E-state index in [4.69, 9.17) is 0 Å². The highest BCUT2D eigenvalue weighted by molar-refractivity contribution is 5.83. The summed E-state index contributed by atoms with van der Waals surface area (Å²) < 4.78 is 3.36. The highest BCUT2D eigenvalue weighted by atomic mass is 16.1. The lowest BCUT2D eigenvalue weighted by molar-refractivity contribution is 0.479. The molecule has 0 radical (unpaired) electrons. The van der Waals surface area contributed by atoms with E-state index in [0.717, 1.165) is 48.2 Å². The molecule has 28 heavy (non-hydrogen) atoms. The largest absolute Gasteiger partial charge is 0.382 e. The summed E-state index contributed by atoms with van der Waals surface area (Å²) in [4.78, 5) is 17.6. The van der Waals surface area contributed by atoms with Gasteiger partial charge in [-0.15, -0.1) is 0 Å². The number of benzene rings is 2. The maximum Gasteiger partial charge on any atom is 0.265 e. The Hall–Kier alpha value is -3.19. The van der Waals surface area contributed by atoms with Gasteiger partial charge in [-0.3, -0.25) is 14.0 Å². The second-order valence-electron chi connectivity index (χ2n) is 7.37. The Labute approximate surface area is 162 Å². The van der Waals surface area contributed by atoms with Crippen LogP contribution in [0.1, 0.15) is 12.8 Å². The molecule has 0 atom stereocenters. The zero-order valence-electron chi connectivity index (χ0n) is 15.7. The number of fused-ring (bicyclic) bond motifs is 2. The van der Waals surface area contributed by atoms with Crippen molar-refractivity contribution in [3.8, 4) is 5.69 Å². The number of hydrogen-bond donors (Lipinski definition) is 2. The lowest BCUT2D eigenvalue weighted by Crippen LogP contribution is -2.35. The minimum Gasteiger partial charge on any atom is -0.382 e. The first-order valence-electron chi connectivity index (χ1n) is 9.60. The van der Waals surface area contributed by atoms with E-state index in [1.807, 2.05) is 49.6 Å². The molecule has 2 N–H and O–H groups in total. The smallest absolute Gasteiger partial charge is 0.265 e. The number of anilines is 1. The van der Waals surface area contributed by atoms with Crippen LogP contribution in [-0.4, -0.2) is 38.5 Å². The van der Waals surface area contributed by atoms with Crippen molar-refractivity contribution in [1.29, 1.82) is 0 Å². The van der Waals surface area contributed by atoms with Crippen LogP contribution in [0.4, 0.5) is 5.69 Å². The Bertz CT molecular complexity index is 1220. The number of nitrogens with one attached hydrogen (secondary N) is 2. The average molecular weight is 374 g/mol. The Morgan fingerprint density at radius 3 is 2.82 bits per heavy atom. The first kappa shape index (κ1) is 16.9. The summed E-state index contributed by atoms with van der Waals surface area (Å²) >= 11 is 0. The summed E-state index contributed by atoms with van der Waals surface area (Å²) in [6.07, 6.45) is 5.75. The molecule has 1 fully saturated rings. The van der Waals surface area contributed by atoms with E-state index in [1.165, 1.54) is 0 Å². The molecule has 0 saturated carbocycles. The fourth-order valence-corrected chi connectivity index (χ4v) is 3.88. The van der Waals surface area contributed by atoms with Crippen molar-refractivity contribution in [2.24, 2.45) is 7.05 Å². The Kier molecular flexibility index (Phi) is 4.09. The van der Waals surface area contributed by atoms with Crippen molar-refractivity contribution < 1.29 is 0 Å². The van der Waals surface area contributed by atoms with Gasteiger partial charge in [-0.05, 0) is 62.3 Å². The van der Waals surface area contributed by atoms with Gasteiger partial charge in [0.2, 0.25) is 0 Å². The summed E-state index contributed by atoms with van der Waals surface area (Å²) in [5.74, 6) is 0. The van der Waals surface area contributed by atoms with Crippen molar-refractivity contribution in [1.82, 2.24) is 24.6 Å². The average Bonchev–Trinajstić information content (AvgIpc) is 3.08. The first-order chi connectivity index (χ1) is 13.7. The zero-order valence-corrected chi connectivity index (χ0v) is 15.7. The molecule has 0 amide bonds. The fourth-order valence-electron chi connectivity index (χ4n) is 3.88. The lowest BCUT2D eigenvalue weighted by Gasteiger charge is -2.24. The monoisotopic (exact) mass is 374 g/mol. The predicted molar refractivity (Wildman–Crippen MR) is 111 cm³/mol. The van der Waals surface area contributed by atoms with Crippen LogP contribution in [0.5, 0.6) is 0 Å². The van der Waals surface area contributed by atoms with Gasteiger partial charge in [0.25, 0.3) is 5.56 Å². The number of piperidine rings is 1. The third kappa shape index (κ3) is 3.03. The summed E-state index contributed by atoms with van der Waals surface area (Å²) in [5.41, 5.74) is 3.35. The number of aryl methyl sites for hydroxylation is 1. The second kappa shape index (κ2) is 6.76. The molecule has 0 unspecified atom stereocenters. The molecule has 7 heteroatoms. The summed E-state index contributed by atoms with van der Waals surface area (Å²) in [6.45, 7) is 2.07. The van der Waals surface area contributed by atoms with Crippen LogP contribution in [0.15, 0.2) is 53.7 Å². The van der Waals surface area contributed by atoms with Gasteiger partial charge in [0.15, 0.2) is 0 Å². The standard InChI is InChI=1S/C21H22N6O/c1-26-12-14-10-17(3-5-19(14)25-26)27-13-23-20-11-16(2-4-18(20)21(27)28)24-15-6-8-22-9-7-15/h2-5,10-13,15,22,24H,6-9H2,1H3. The Morgan fingerprint density at radius 2 is 1.96 bits per heavy atom. The van der Waals surface area contributed by atoms with E-state index in [0.29, 0.717) is 16.9 Å². The highest BCUT2D eigenvalue weighted by Crippen LogP contribution is 2.20. The van der Waals surface area contributed by atoms with Crippen molar-refractivity contribution in [2.45, 2.75) is 18.9 Å². The van der Waals surface area contributed by atoms with Gasteiger partial charge in [-0.2, -0.15) is 5.10 Å². The van der Waals surface area contributed by atoms with E-state index in [2.05, 4.69) is 20.7 Å². The minimum atomic E-state index is -0.0679. The van der Waals surface area contributed by atoms with Crippen LogP contribution < -0.4 is 16.2 Å². The van der Waals surface area contributed by atoms with Gasteiger partial charge < -0.3 is 10.6 Å². The molecule has 2 aromatic heterocycles. The minimum absolute atomic E-state index is 0.0679. The second-order valence-corrected chi connectivity index (χ2v) is 7.37. The van der Waals surface area contributed by atoms with E-state index in [1.54, 1.807) is 15.6 Å². The zero-order chi connectivity index (χ0) is 19.1. The molecule has 0 spiro atoms. The molecular formula is C21H22N6O. The van der Waals surface area contributed by atoms with Crippen LogP contribution in [0.25, 0.3) is 27.5 Å². The van der Waals surface area contributed by atoms with Crippen molar-refractivity contribution >= 4 is 27.5 Å². The third-order valence-corrected chi connectivity index (χ3v) is 5.35. The first-order valence-corrected chi connectivity index (χ1v) is 9.60. The molecule has 2 aromatic carbocycles. The fraction of sp³-hybridized carbons (Fsp3) is 0.286. The van der Waals surface area contributed by atoms with Crippen molar-refractivity contribution in [2.75, 3.05) is 18.4 Å². The molecule has 1 aliphatic heterocycles. The van der Waals surface area contributed by atoms with E-state index < -0.39 is 0 Å². The quantitative estimate of drug-likeness (QED) is 0.576. The third-order valence-electron chi connectivity index (χ3n) is 5.35. The maximum absolute atomic E-state index is 13.0. The molecule has 142 valence electrons. The molecule has 7 nitrogen and oxygen atoms in total. The summed E-state index contributed by atoms with van der Waals surface area (Å²) in [5, 5.41) is 12.9. The predicted octanol–water partition coefficient (Wildman–Crippen LogP) is 2.44. The molecular weight excluding hydrogens is 352 g/mol. The molecule has 1 saturated heterocycles. The normalized spacial score (nSPS) is 15.3. The summed E-state index contributed by atoms with van der Waals surface area (Å²) in [6, 6.07) is 12.1.